The molecule has 6 amide bonds. The summed E-state index contributed by atoms with van der Waals surface area (Å²) in [6.07, 6.45) is 21.0. The molecule has 0 bridgehead atoms. The third-order valence-corrected chi connectivity index (χ3v) is 15.1. The van der Waals surface area contributed by atoms with Gasteiger partial charge in [0.2, 0.25) is 35.4 Å². The molecule has 0 aliphatic rings. The van der Waals surface area contributed by atoms with Crippen molar-refractivity contribution in [1.29, 1.82) is 0 Å². The number of rotatable bonds is 56. The Morgan fingerprint density at radius 3 is 1.52 bits per heavy atom. The number of aliphatic hydroxyl groups excluding tert-OH is 3. The molecule has 0 saturated carbocycles. The fourth-order valence-electron chi connectivity index (χ4n) is 8.95. The van der Waals surface area contributed by atoms with Crippen molar-refractivity contribution in [3.63, 3.8) is 0 Å². The van der Waals surface area contributed by atoms with Crippen LogP contribution in [-0.2, 0) is 71.0 Å². The first-order chi connectivity index (χ1) is 40.5. The van der Waals surface area contributed by atoms with Crippen molar-refractivity contribution in [3.05, 3.63) is 0 Å². The average Bonchev–Trinajstić information content (AvgIpc) is 3.34. The second-order valence-electron chi connectivity index (χ2n) is 22.0. The standard InChI is InChI=1S/C59H109N6O19P.Na/c1-7-9-11-13-15-17-19-21-23-25-27-29-31-33-52(71)80-41-47(84-53(72)34-32-30-28-26-24-22-20-18-16-14-12-10-8-2)42-82-85(78,79)81-38-37-61-57(75)43(3)62-51(70)36-35-48(56(60)74)65-58(76)44(4)63-59(77)45(5)83-55(54(73)50(69)40-67)49(39-66)64-46(6)68;/h39,43-45,47-50,54-55,67,69,73H,7-38,40-42H2,1-6H3,(H2,60,74)(H,61,75)(H,62,70)(H,63,77)(H,64,68)(H,65,76)(H,78,79);/q;+1/p-1. The number of aliphatic hydroxyl groups is 3. The Labute approximate surface area is 533 Å². The van der Waals surface area contributed by atoms with E-state index in [2.05, 4.69) is 40.4 Å². The molecule has 0 aromatic carbocycles. The van der Waals surface area contributed by atoms with E-state index in [1.54, 1.807) is 0 Å². The number of phosphoric ester groups is 1. The minimum Gasteiger partial charge on any atom is -0.756 e. The van der Waals surface area contributed by atoms with Crippen LogP contribution >= 0.6 is 7.82 Å². The molecule has 27 heteroatoms. The van der Waals surface area contributed by atoms with Crippen molar-refractivity contribution in [2.45, 2.75) is 289 Å². The number of phosphoric acid groups is 1. The van der Waals surface area contributed by atoms with E-state index in [1.165, 1.54) is 124 Å². The van der Waals surface area contributed by atoms with Crippen LogP contribution in [0.25, 0.3) is 0 Å². The summed E-state index contributed by atoms with van der Waals surface area (Å²) in [7, 11) is -5.06. The summed E-state index contributed by atoms with van der Waals surface area (Å²) in [5.41, 5.74) is 5.46. The van der Waals surface area contributed by atoms with Crippen LogP contribution < -0.4 is 66.8 Å². The third kappa shape index (κ3) is 44.8. The second kappa shape index (κ2) is 53.2. The molecule has 10 N–H and O–H groups in total. The van der Waals surface area contributed by atoms with E-state index in [4.69, 9.17) is 29.0 Å². The van der Waals surface area contributed by atoms with Crippen LogP contribution in [0.15, 0.2) is 0 Å². The molecule has 0 saturated heterocycles. The Balaban J connectivity index is 0. The minimum absolute atomic E-state index is 0. The van der Waals surface area contributed by atoms with Gasteiger partial charge in [-0.3, -0.25) is 42.9 Å². The van der Waals surface area contributed by atoms with Gasteiger partial charge < -0.3 is 80.6 Å². The summed E-state index contributed by atoms with van der Waals surface area (Å²) < 4.78 is 39.1. The number of esters is 2. The van der Waals surface area contributed by atoms with Gasteiger partial charge in [0, 0.05) is 32.7 Å². The molecular weight excluding hydrogens is 1150 g/mol. The zero-order valence-corrected chi connectivity index (χ0v) is 55.8. The van der Waals surface area contributed by atoms with Gasteiger partial charge in [-0.25, -0.2) is 0 Å². The zero-order chi connectivity index (χ0) is 63.8. The monoisotopic (exact) mass is 1260 g/mol. The van der Waals surface area contributed by atoms with Gasteiger partial charge in [0.25, 0.3) is 7.82 Å². The third-order valence-electron chi connectivity index (χ3n) is 14.1. The molecule has 0 spiro atoms. The van der Waals surface area contributed by atoms with Gasteiger partial charge in [-0.05, 0) is 40.0 Å². The SMILES string of the molecule is CCCCCCCCCCCCCCCC(=O)OCC(COP(=O)([O-])OCCNC(=O)C(C)NC(=O)CCC(NC(=O)C(C)NC(=O)C(C)OC(C(C=O)NC(C)=O)C(O)C(O)CO)C(N)=O)OC(=O)CCCCCCCCCCCCCCC.[Na+]. The van der Waals surface area contributed by atoms with Gasteiger partial charge in [-0.1, -0.05) is 168 Å². The number of nitrogens with two attached hydrogens (primary N) is 1. The quantitative estimate of drug-likeness (QED) is 0.0138. The predicted octanol–water partition coefficient (Wildman–Crippen LogP) is 1.98. The van der Waals surface area contributed by atoms with Crippen LogP contribution in [0.4, 0.5) is 0 Å². The number of carbonyl (C=O) groups excluding carboxylic acids is 9. The molecule has 0 fully saturated rings. The maximum absolute atomic E-state index is 13.0. The van der Waals surface area contributed by atoms with Gasteiger partial charge >= 0.3 is 41.5 Å². The molecule has 0 aliphatic carbocycles. The van der Waals surface area contributed by atoms with Gasteiger partial charge in [0.1, 0.15) is 61.5 Å². The second-order valence-corrected chi connectivity index (χ2v) is 23.4. The van der Waals surface area contributed by atoms with E-state index in [1.807, 2.05) is 0 Å². The van der Waals surface area contributed by atoms with E-state index < -0.39 is 143 Å². The topological polar surface area (TPSA) is 387 Å². The number of ether oxygens (including phenoxy) is 3. The maximum Gasteiger partial charge on any atom is 1.00 e. The number of hydrogen-bond donors (Lipinski definition) is 9. The zero-order valence-electron chi connectivity index (χ0n) is 52.9. The first-order valence-electron chi connectivity index (χ1n) is 31.3. The number of unbranched alkanes of at least 4 members (excludes halogenated alkanes) is 24. The Morgan fingerprint density at radius 2 is 1.07 bits per heavy atom. The number of aldehydes is 1. The Morgan fingerprint density at radius 1 is 0.605 bits per heavy atom. The summed E-state index contributed by atoms with van der Waals surface area (Å²) in [4.78, 5) is 125. The van der Waals surface area contributed by atoms with Gasteiger partial charge in [-0.15, -0.1) is 0 Å². The predicted molar refractivity (Wildman–Crippen MR) is 317 cm³/mol. The fourth-order valence-corrected chi connectivity index (χ4v) is 9.69. The van der Waals surface area contributed by atoms with Crippen molar-refractivity contribution in [2.75, 3.05) is 33.0 Å². The minimum atomic E-state index is -5.06. The molecule has 0 rings (SSSR count). The van der Waals surface area contributed by atoms with Crippen LogP contribution in [0.5, 0.6) is 0 Å². The van der Waals surface area contributed by atoms with Crippen molar-refractivity contribution in [3.8, 4) is 0 Å². The van der Waals surface area contributed by atoms with E-state index in [9.17, 15) is 67.9 Å². The summed E-state index contributed by atoms with van der Waals surface area (Å²) in [5, 5.41) is 41.3. The van der Waals surface area contributed by atoms with E-state index in [-0.39, 0.29) is 61.7 Å². The smallest absolute Gasteiger partial charge is 0.756 e. The van der Waals surface area contributed by atoms with Crippen LogP contribution in [0.3, 0.4) is 0 Å². The molecule has 10 atom stereocenters. The van der Waals surface area contributed by atoms with Crippen molar-refractivity contribution >= 4 is 61.5 Å². The number of hydrogen-bond acceptors (Lipinski definition) is 19. The average molecular weight is 1260 g/mol. The molecule has 0 heterocycles. The number of carbonyl (C=O) groups is 9. The molecular formula is C59H108N6NaO19P. The van der Waals surface area contributed by atoms with Gasteiger partial charge in [-0.2, -0.15) is 0 Å². The van der Waals surface area contributed by atoms with Gasteiger partial charge in [0.15, 0.2) is 6.10 Å². The number of nitrogens with one attached hydrogen (secondary N) is 5. The Bertz CT molecular complexity index is 1950. The summed E-state index contributed by atoms with van der Waals surface area (Å²) in [5.74, 6) is -6.26. The van der Waals surface area contributed by atoms with Gasteiger partial charge in [0.05, 0.1) is 19.8 Å². The molecule has 494 valence electrons. The molecule has 0 aromatic rings. The summed E-state index contributed by atoms with van der Waals surface area (Å²) in [6.45, 7) is 6.18. The first kappa shape index (κ1) is 84.4. The van der Waals surface area contributed by atoms with Crippen molar-refractivity contribution < 1.29 is 121 Å². The van der Waals surface area contributed by atoms with Crippen LogP contribution in [0.2, 0.25) is 0 Å². The molecule has 86 heavy (non-hydrogen) atoms. The van der Waals surface area contributed by atoms with Crippen LogP contribution in [0, 0.1) is 0 Å². The maximum atomic E-state index is 13.0. The molecule has 0 radical (unpaired) electrons. The van der Waals surface area contributed by atoms with Crippen LogP contribution in [0.1, 0.15) is 234 Å². The number of amides is 6. The van der Waals surface area contributed by atoms with E-state index >= 15 is 0 Å². The Hall–Kier alpha value is -3.62. The number of primary amides is 1. The first-order valence-corrected chi connectivity index (χ1v) is 32.7. The van der Waals surface area contributed by atoms with Crippen LogP contribution in [-0.4, -0.2) is 157 Å². The normalized spacial score (nSPS) is 15.1. The van der Waals surface area contributed by atoms with E-state index in [0.29, 0.717) is 12.8 Å². The largest absolute Gasteiger partial charge is 1.00 e. The Kier molecular flexibility index (Phi) is 52.3. The summed E-state index contributed by atoms with van der Waals surface area (Å²) in [6, 6.07) is -5.54. The van der Waals surface area contributed by atoms with Crippen molar-refractivity contribution in [2.24, 2.45) is 5.73 Å². The summed E-state index contributed by atoms with van der Waals surface area (Å²) >= 11 is 0. The molecule has 0 aromatic heterocycles. The molecule has 25 nitrogen and oxygen atoms in total. The van der Waals surface area contributed by atoms with E-state index in [0.717, 1.165) is 58.3 Å². The molecule has 10 unspecified atom stereocenters. The van der Waals surface area contributed by atoms with Crippen molar-refractivity contribution in [1.82, 2.24) is 26.6 Å². The molecule has 0 aliphatic heterocycles. The fraction of sp³-hybridized carbons (Fsp3) is 0.847.